The zero-order valence-corrected chi connectivity index (χ0v) is 11.8. The SMILES string of the molecule is CC(=O)[O-].NC(=O)c1ccc[n+]([C@@H]2O[C@H](CO)[C@@H](O)[C@H]2O)c1. The molecule has 122 valence electrons. The topological polar surface area (TPSA) is 157 Å². The number of nitrogens with two attached hydrogens (primary N) is 1. The highest BCUT2D eigenvalue weighted by Gasteiger charge is 2.47. The molecule has 0 spiro atoms. The molecule has 9 heteroatoms. The van der Waals surface area contributed by atoms with E-state index in [4.69, 9.17) is 25.5 Å². The molecule has 0 aromatic carbocycles. The van der Waals surface area contributed by atoms with Crippen molar-refractivity contribution in [2.24, 2.45) is 5.73 Å². The molecule has 22 heavy (non-hydrogen) atoms. The van der Waals surface area contributed by atoms with Crippen molar-refractivity contribution < 1.29 is 39.3 Å². The van der Waals surface area contributed by atoms with E-state index in [1.807, 2.05) is 0 Å². The van der Waals surface area contributed by atoms with Gasteiger partial charge in [-0.25, -0.2) is 0 Å². The Bertz CT molecular complexity index is 533. The molecule has 5 N–H and O–H groups in total. The second-order valence-corrected chi connectivity index (χ2v) is 4.62. The molecule has 2 rings (SSSR count). The molecule has 0 unspecified atom stereocenters. The Kier molecular flexibility index (Phi) is 6.38. The highest BCUT2D eigenvalue weighted by atomic mass is 16.6. The maximum Gasteiger partial charge on any atom is 0.292 e. The van der Waals surface area contributed by atoms with Crippen LogP contribution in [0.1, 0.15) is 23.5 Å². The van der Waals surface area contributed by atoms with E-state index in [0.29, 0.717) is 0 Å². The van der Waals surface area contributed by atoms with E-state index in [1.54, 1.807) is 12.3 Å². The van der Waals surface area contributed by atoms with Crippen molar-refractivity contribution in [1.29, 1.82) is 0 Å². The van der Waals surface area contributed by atoms with Gasteiger partial charge >= 0.3 is 0 Å². The lowest BCUT2D eigenvalue weighted by Gasteiger charge is -2.09. The predicted molar refractivity (Wildman–Crippen MR) is 68.8 cm³/mol. The van der Waals surface area contributed by atoms with E-state index in [2.05, 4.69) is 0 Å². The number of amides is 1. The van der Waals surface area contributed by atoms with Gasteiger partial charge in [-0.3, -0.25) is 4.79 Å². The molecule has 1 aliphatic heterocycles. The number of carboxylic acids is 1. The third-order valence-electron chi connectivity index (χ3n) is 2.92. The summed E-state index contributed by atoms with van der Waals surface area (Å²) in [5.74, 6) is -1.68. The largest absolute Gasteiger partial charge is 0.550 e. The molecular weight excluding hydrogens is 296 g/mol. The van der Waals surface area contributed by atoms with Crippen molar-refractivity contribution in [3.05, 3.63) is 30.1 Å². The number of aliphatic hydroxyl groups excluding tert-OH is 3. The summed E-state index contributed by atoms with van der Waals surface area (Å²) in [4.78, 5) is 19.9. The Labute approximate surface area is 126 Å². The van der Waals surface area contributed by atoms with Gasteiger partial charge in [0.15, 0.2) is 18.5 Å². The summed E-state index contributed by atoms with van der Waals surface area (Å²) in [6, 6.07) is 3.11. The Hall–Kier alpha value is -2.07. The molecule has 1 amide bonds. The van der Waals surface area contributed by atoms with Gasteiger partial charge in [-0.05, 0) is 13.0 Å². The number of rotatable bonds is 3. The van der Waals surface area contributed by atoms with Gasteiger partial charge in [0.1, 0.15) is 17.8 Å². The van der Waals surface area contributed by atoms with Crippen LogP contribution in [-0.4, -0.2) is 52.1 Å². The Morgan fingerprint density at radius 2 is 2.00 bits per heavy atom. The molecule has 4 atom stereocenters. The number of ether oxygens (including phenoxy) is 1. The van der Waals surface area contributed by atoms with Gasteiger partial charge in [0.25, 0.3) is 12.1 Å². The first-order chi connectivity index (χ1) is 10.3. The number of aromatic nitrogens is 1. The summed E-state index contributed by atoms with van der Waals surface area (Å²) >= 11 is 0. The fraction of sp³-hybridized carbons (Fsp3) is 0.462. The molecule has 0 aliphatic carbocycles. The van der Waals surface area contributed by atoms with Crippen molar-refractivity contribution >= 4 is 11.9 Å². The third-order valence-corrected chi connectivity index (χ3v) is 2.92. The van der Waals surface area contributed by atoms with Gasteiger partial charge in [-0.2, -0.15) is 4.57 Å². The van der Waals surface area contributed by atoms with Crippen LogP contribution in [-0.2, 0) is 9.53 Å². The number of carbonyl (C=O) groups is 2. The van der Waals surface area contributed by atoms with Crippen LogP contribution in [0.4, 0.5) is 0 Å². The number of nitrogens with zero attached hydrogens (tertiary/aromatic N) is 1. The standard InChI is InChI=1S/C11H14N2O5.C2H4O2/c12-10(17)6-2-1-3-13(4-6)11-9(16)8(15)7(5-14)18-11;1-2(3)4/h1-4,7-9,11,14-16H,5H2,(H-,12,17);1H3,(H,3,4)/t7-,8-,9-,11-;/m1./s1. The Morgan fingerprint density at radius 3 is 2.45 bits per heavy atom. The van der Waals surface area contributed by atoms with Crippen molar-refractivity contribution in [3.8, 4) is 0 Å². The molecule has 1 saturated heterocycles. The van der Waals surface area contributed by atoms with E-state index < -0.39 is 43.0 Å². The molecule has 2 heterocycles. The lowest BCUT2D eigenvalue weighted by Crippen LogP contribution is -2.46. The monoisotopic (exact) mass is 314 g/mol. The van der Waals surface area contributed by atoms with Gasteiger partial charge in [0.2, 0.25) is 0 Å². The summed E-state index contributed by atoms with van der Waals surface area (Å²) in [5, 5.41) is 37.3. The number of aliphatic hydroxyl groups is 3. The number of primary amides is 1. The lowest BCUT2D eigenvalue weighted by molar-refractivity contribution is -0.765. The minimum absolute atomic E-state index is 0.259. The first-order valence-corrected chi connectivity index (χ1v) is 6.38. The molecule has 1 aliphatic rings. The van der Waals surface area contributed by atoms with Gasteiger partial charge in [-0.1, -0.05) is 0 Å². The maximum atomic E-state index is 11.1. The van der Waals surface area contributed by atoms with E-state index in [-0.39, 0.29) is 5.56 Å². The van der Waals surface area contributed by atoms with Crippen LogP contribution in [0, 0.1) is 0 Å². The fourth-order valence-electron chi connectivity index (χ4n) is 1.92. The second kappa shape index (κ2) is 7.80. The average Bonchev–Trinajstić information content (AvgIpc) is 2.74. The van der Waals surface area contributed by atoms with Crippen LogP contribution in [0.15, 0.2) is 24.5 Å². The summed E-state index contributed by atoms with van der Waals surface area (Å²) in [6.45, 7) is 0.574. The van der Waals surface area contributed by atoms with E-state index in [0.717, 1.165) is 6.92 Å². The first kappa shape index (κ1) is 18.0. The van der Waals surface area contributed by atoms with Crippen LogP contribution in [0.2, 0.25) is 0 Å². The fourth-order valence-corrected chi connectivity index (χ4v) is 1.92. The zero-order chi connectivity index (χ0) is 16.9. The predicted octanol–water partition coefficient (Wildman–Crippen LogP) is -3.56. The number of carboxylic acid groups (broad SMARTS) is 1. The van der Waals surface area contributed by atoms with Crippen molar-refractivity contribution in [2.75, 3.05) is 6.61 Å². The smallest absolute Gasteiger partial charge is 0.292 e. The van der Waals surface area contributed by atoms with Gasteiger partial charge in [-0.15, -0.1) is 0 Å². The number of pyridine rings is 1. The molecule has 0 bridgehead atoms. The normalized spacial score (nSPS) is 26.9. The number of hydrogen-bond acceptors (Lipinski definition) is 7. The number of hydrogen-bond donors (Lipinski definition) is 4. The summed E-state index contributed by atoms with van der Waals surface area (Å²) in [7, 11) is 0. The lowest BCUT2D eigenvalue weighted by atomic mass is 10.1. The number of aliphatic carboxylic acids is 1. The molecule has 1 aromatic heterocycles. The summed E-state index contributed by atoms with van der Waals surface area (Å²) < 4.78 is 6.75. The van der Waals surface area contributed by atoms with E-state index in [1.165, 1.54) is 16.8 Å². The molecule has 0 saturated carbocycles. The van der Waals surface area contributed by atoms with Crippen LogP contribution in [0.3, 0.4) is 0 Å². The highest BCUT2D eigenvalue weighted by molar-refractivity contribution is 5.92. The average molecular weight is 314 g/mol. The molecule has 1 fully saturated rings. The Balaban J connectivity index is 0.000000541. The second-order valence-electron chi connectivity index (χ2n) is 4.62. The highest BCUT2D eigenvalue weighted by Crippen LogP contribution is 2.24. The van der Waals surface area contributed by atoms with Crippen LogP contribution < -0.4 is 15.4 Å². The summed E-state index contributed by atoms with van der Waals surface area (Å²) in [6.07, 6.45) is -1.08. The van der Waals surface area contributed by atoms with Crippen molar-refractivity contribution in [3.63, 3.8) is 0 Å². The third kappa shape index (κ3) is 4.46. The minimum Gasteiger partial charge on any atom is -0.550 e. The van der Waals surface area contributed by atoms with E-state index >= 15 is 0 Å². The van der Waals surface area contributed by atoms with Crippen LogP contribution in [0.5, 0.6) is 0 Å². The molecule has 9 nitrogen and oxygen atoms in total. The van der Waals surface area contributed by atoms with Crippen molar-refractivity contribution in [2.45, 2.75) is 31.5 Å². The first-order valence-electron chi connectivity index (χ1n) is 6.38. The van der Waals surface area contributed by atoms with E-state index in [9.17, 15) is 15.0 Å². The molecule has 0 radical (unpaired) electrons. The Morgan fingerprint density at radius 1 is 1.41 bits per heavy atom. The van der Waals surface area contributed by atoms with Crippen molar-refractivity contribution in [1.82, 2.24) is 0 Å². The molecular formula is C13H18N2O7. The van der Waals surface area contributed by atoms with Crippen LogP contribution >= 0.6 is 0 Å². The quantitative estimate of drug-likeness (QED) is 0.420. The zero-order valence-electron chi connectivity index (χ0n) is 11.8. The molecule has 1 aromatic rings. The van der Waals surface area contributed by atoms with Gasteiger partial charge < -0.3 is 35.7 Å². The van der Waals surface area contributed by atoms with Crippen LogP contribution in [0.25, 0.3) is 0 Å². The number of carbonyl (C=O) groups excluding carboxylic acids is 2. The van der Waals surface area contributed by atoms with Gasteiger partial charge in [0, 0.05) is 12.0 Å². The maximum absolute atomic E-state index is 11.1. The van der Waals surface area contributed by atoms with Gasteiger partial charge in [0.05, 0.1) is 6.61 Å². The summed E-state index contributed by atoms with van der Waals surface area (Å²) in [5.41, 5.74) is 5.41. The minimum atomic E-state index is -1.18.